The molecule has 1 unspecified atom stereocenters. The molecular weight excluding hydrogens is 456 g/mol. The van der Waals surface area contributed by atoms with Crippen molar-refractivity contribution in [3.63, 3.8) is 0 Å². The first-order valence-electron chi connectivity index (χ1n) is 12.0. The molecule has 2 aliphatic rings. The zero-order valence-corrected chi connectivity index (χ0v) is 20.4. The van der Waals surface area contributed by atoms with E-state index in [9.17, 15) is 19.2 Å². The lowest BCUT2D eigenvalue weighted by Crippen LogP contribution is -2.53. The molecule has 8 heteroatoms. The highest BCUT2D eigenvalue weighted by Crippen LogP contribution is 2.31. The second kappa shape index (κ2) is 9.11. The Hall–Kier alpha value is -4.20. The smallest absolute Gasteiger partial charge is 0.325 e. The van der Waals surface area contributed by atoms with E-state index in [2.05, 4.69) is 5.32 Å². The van der Waals surface area contributed by atoms with Crippen LogP contribution in [-0.4, -0.2) is 71.2 Å². The number of aryl methyl sites for hydroxylation is 1. The van der Waals surface area contributed by atoms with E-state index in [0.29, 0.717) is 37.3 Å². The first-order valence-corrected chi connectivity index (χ1v) is 12.0. The fourth-order valence-electron chi connectivity index (χ4n) is 4.81. The predicted octanol–water partition coefficient (Wildman–Crippen LogP) is 2.90. The lowest BCUT2D eigenvalue weighted by molar-refractivity contribution is -0.139. The van der Waals surface area contributed by atoms with Gasteiger partial charge in [-0.1, -0.05) is 54.1 Å². The van der Waals surface area contributed by atoms with Crippen LogP contribution in [0.3, 0.4) is 0 Å². The van der Waals surface area contributed by atoms with Crippen molar-refractivity contribution in [2.24, 2.45) is 0 Å². The fourth-order valence-corrected chi connectivity index (χ4v) is 4.81. The van der Waals surface area contributed by atoms with E-state index in [0.717, 1.165) is 21.2 Å². The summed E-state index contributed by atoms with van der Waals surface area (Å²) in [7, 11) is 0. The molecule has 0 aliphatic carbocycles. The summed E-state index contributed by atoms with van der Waals surface area (Å²) in [5.41, 5.74) is 1.12. The first-order chi connectivity index (χ1) is 17.3. The van der Waals surface area contributed by atoms with Crippen molar-refractivity contribution >= 4 is 34.5 Å². The number of piperazine rings is 1. The summed E-state index contributed by atoms with van der Waals surface area (Å²) in [6.45, 7) is 4.79. The number of hydrogen-bond donors (Lipinski definition) is 1. The Morgan fingerprint density at radius 3 is 2.19 bits per heavy atom. The number of benzene rings is 3. The minimum Gasteiger partial charge on any atom is -0.338 e. The maximum Gasteiger partial charge on any atom is 0.325 e. The molecule has 1 N–H and O–H groups in total. The Kier molecular flexibility index (Phi) is 5.96. The number of hydrogen-bond acceptors (Lipinski definition) is 4. The van der Waals surface area contributed by atoms with Crippen molar-refractivity contribution in [2.45, 2.75) is 19.4 Å². The molecule has 36 heavy (non-hydrogen) atoms. The number of imide groups is 1. The van der Waals surface area contributed by atoms with Crippen molar-refractivity contribution in [2.75, 3.05) is 32.7 Å². The van der Waals surface area contributed by atoms with Crippen LogP contribution < -0.4 is 5.32 Å². The number of nitrogens with one attached hydrogen (secondary N) is 1. The van der Waals surface area contributed by atoms with Crippen LogP contribution in [0, 0.1) is 6.92 Å². The van der Waals surface area contributed by atoms with E-state index in [1.807, 2.05) is 61.5 Å². The number of carbonyl (C=O) groups excluding carboxylic acids is 4. The topological polar surface area (TPSA) is 90.0 Å². The van der Waals surface area contributed by atoms with Crippen molar-refractivity contribution in [1.82, 2.24) is 20.0 Å². The van der Waals surface area contributed by atoms with Crippen molar-refractivity contribution in [3.8, 4) is 0 Å². The van der Waals surface area contributed by atoms with Gasteiger partial charge in [0.25, 0.3) is 11.8 Å². The SMILES string of the molecule is Cc1ccc(C(=O)N2CCN(C(=O)CN3C(=O)NC(C)(c4ccc5ccccc5c4)C3=O)CC2)cc1. The van der Waals surface area contributed by atoms with Crippen LogP contribution in [0.15, 0.2) is 66.7 Å². The summed E-state index contributed by atoms with van der Waals surface area (Å²) in [6.07, 6.45) is 0. The van der Waals surface area contributed by atoms with Crippen LogP contribution in [0.1, 0.15) is 28.4 Å². The number of nitrogens with zero attached hydrogens (tertiary/aromatic N) is 3. The van der Waals surface area contributed by atoms with Crippen LogP contribution >= 0.6 is 0 Å². The molecule has 0 spiro atoms. The Morgan fingerprint density at radius 1 is 0.861 bits per heavy atom. The van der Waals surface area contributed by atoms with Gasteiger partial charge in [0.1, 0.15) is 12.1 Å². The molecule has 2 aliphatic heterocycles. The summed E-state index contributed by atoms with van der Waals surface area (Å²) >= 11 is 0. The van der Waals surface area contributed by atoms with E-state index in [1.165, 1.54) is 0 Å². The molecular formula is C28H28N4O4. The molecule has 3 aromatic carbocycles. The van der Waals surface area contributed by atoms with Crippen molar-refractivity contribution in [1.29, 1.82) is 0 Å². The quantitative estimate of drug-likeness (QED) is 0.577. The number of rotatable bonds is 4. The molecule has 0 radical (unpaired) electrons. The van der Waals surface area contributed by atoms with Crippen LogP contribution in [0.4, 0.5) is 4.79 Å². The van der Waals surface area contributed by atoms with Crippen LogP contribution in [0.25, 0.3) is 10.8 Å². The van der Waals surface area contributed by atoms with Gasteiger partial charge in [0.05, 0.1) is 0 Å². The zero-order chi connectivity index (χ0) is 25.4. The Morgan fingerprint density at radius 2 is 1.50 bits per heavy atom. The maximum atomic E-state index is 13.3. The average molecular weight is 485 g/mol. The van der Waals surface area contributed by atoms with Crippen molar-refractivity contribution < 1.29 is 19.2 Å². The van der Waals surface area contributed by atoms with E-state index in [1.54, 1.807) is 28.9 Å². The molecule has 2 heterocycles. The van der Waals surface area contributed by atoms with Crippen LogP contribution in [0.5, 0.6) is 0 Å². The van der Waals surface area contributed by atoms with Gasteiger partial charge in [-0.2, -0.15) is 0 Å². The summed E-state index contributed by atoms with van der Waals surface area (Å²) in [5.74, 6) is -0.838. The minimum absolute atomic E-state index is 0.0673. The third-order valence-corrected chi connectivity index (χ3v) is 7.11. The lowest BCUT2D eigenvalue weighted by Gasteiger charge is -2.35. The highest BCUT2D eigenvalue weighted by molar-refractivity contribution is 6.09. The fraction of sp³-hybridized carbons (Fsp3) is 0.286. The second-order valence-electron chi connectivity index (χ2n) is 9.55. The van der Waals surface area contributed by atoms with Crippen molar-refractivity contribution in [3.05, 3.63) is 83.4 Å². The van der Waals surface area contributed by atoms with Gasteiger partial charge in [0, 0.05) is 31.7 Å². The third kappa shape index (κ3) is 4.19. The minimum atomic E-state index is -1.25. The van der Waals surface area contributed by atoms with Gasteiger partial charge in [-0.15, -0.1) is 0 Å². The maximum absolute atomic E-state index is 13.3. The van der Waals surface area contributed by atoms with E-state index < -0.39 is 17.5 Å². The van der Waals surface area contributed by atoms with Crippen LogP contribution in [-0.2, 0) is 15.1 Å². The van der Waals surface area contributed by atoms with Gasteiger partial charge >= 0.3 is 6.03 Å². The standard InChI is InChI=1S/C28H28N4O4/c1-19-7-9-21(10-8-19)25(34)31-15-13-30(14-16-31)24(33)18-32-26(35)28(2,29-27(32)36)23-12-11-20-5-3-4-6-22(20)17-23/h3-12,17H,13-16,18H2,1-2H3,(H,29,36). The number of fused-ring (bicyclic) bond motifs is 1. The number of carbonyl (C=O) groups is 4. The monoisotopic (exact) mass is 484 g/mol. The highest BCUT2D eigenvalue weighted by atomic mass is 16.2. The van der Waals surface area contributed by atoms with Crippen LogP contribution in [0.2, 0.25) is 0 Å². The normalized spacial score (nSPS) is 20.1. The van der Waals surface area contributed by atoms with Gasteiger partial charge in [-0.25, -0.2) is 4.79 Å². The Labute approximate surface area is 209 Å². The molecule has 0 bridgehead atoms. The van der Waals surface area contributed by atoms with Gasteiger partial charge in [0.15, 0.2) is 0 Å². The van der Waals surface area contributed by atoms with E-state index >= 15 is 0 Å². The molecule has 2 fully saturated rings. The van der Waals surface area contributed by atoms with Gasteiger partial charge in [-0.3, -0.25) is 19.3 Å². The van der Waals surface area contributed by atoms with E-state index in [4.69, 9.17) is 0 Å². The second-order valence-corrected chi connectivity index (χ2v) is 9.55. The third-order valence-electron chi connectivity index (χ3n) is 7.11. The molecule has 5 rings (SSSR count). The molecule has 8 nitrogen and oxygen atoms in total. The van der Waals surface area contributed by atoms with Gasteiger partial charge in [-0.05, 0) is 48.4 Å². The van der Waals surface area contributed by atoms with E-state index in [-0.39, 0.29) is 18.4 Å². The molecule has 3 aromatic rings. The van der Waals surface area contributed by atoms with Gasteiger partial charge < -0.3 is 15.1 Å². The molecule has 0 saturated carbocycles. The highest BCUT2D eigenvalue weighted by Gasteiger charge is 2.49. The lowest BCUT2D eigenvalue weighted by atomic mass is 9.90. The first kappa shape index (κ1) is 23.5. The Balaban J connectivity index is 1.23. The average Bonchev–Trinajstić information content (AvgIpc) is 3.12. The molecule has 5 amide bonds. The summed E-state index contributed by atoms with van der Waals surface area (Å²) < 4.78 is 0. The molecule has 184 valence electrons. The number of amides is 5. The zero-order valence-electron chi connectivity index (χ0n) is 20.4. The number of urea groups is 1. The summed E-state index contributed by atoms with van der Waals surface area (Å²) in [4.78, 5) is 56.1. The summed E-state index contributed by atoms with van der Waals surface area (Å²) in [6, 6.07) is 20.3. The molecule has 1 atom stereocenters. The summed E-state index contributed by atoms with van der Waals surface area (Å²) in [5, 5.41) is 4.78. The Bertz CT molecular complexity index is 1360. The predicted molar refractivity (Wildman–Crippen MR) is 135 cm³/mol. The van der Waals surface area contributed by atoms with Gasteiger partial charge in [0.2, 0.25) is 5.91 Å². The molecule has 0 aromatic heterocycles. The molecule has 2 saturated heterocycles. The largest absolute Gasteiger partial charge is 0.338 e.